The Labute approximate surface area is 253 Å². The van der Waals surface area contributed by atoms with E-state index in [1.54, 1.807) is 36.7 Å². The molecule has 0 saturated carbocycles. The van der Waals surface area contributed by atoms with E-state index in [0.29, 0.717) is 29.5 Å². The number of hydrogen-bond donors (Lipinski definition) is 3. The molecule has 3 aromatic rings. The van der Waals surface area contributed by atoms with Crippen LogP contribution in [0.25, 0.3) is 0 Å². The highest BCUT2D eigenvalue weighted by molar-refractivity contribution is 6.30. The van der Waals surface area contributed by atoms with Crippen molar-refractivity contribution in [1.29, 1.82) is 0 Å². The number of Topliss-reactive ketones (excluding diaryl/α,β-unsaturated/α-hetero) is 1. The van der Waals surface area contributed by atoms with Gasteiger partial charge < -0.3 is 25.7 Å². The van der Waals surface area contributed by atoms with E-state index in [1.807, 2.05) is 32.9 Å². The van der Waals surface area contributed by atoms with Gasteiger partial charge in [-0.05, 0) is 50.6 Å². The zero-order valence-corrected chi connectivity index (χ0v) is 24.7. The number of urea groups is 1. The standard InChI is InChI=1S/C30H32ClN7O5/c1-30(2,3)43-22-14-18(21(39)15-23(32)40)6-9-20(22)28-36-25(17-4-7-19(31)8-5-17)26(27-34-10-11-35-27)38(28)29(42)37-13-12-33-24(41)16-37/h4-11,14,25-26H,12-13,15-16H2,1-3H3,(H2,32,40)(H,33,41)(H,34,35)/t25-,26-/m0/s1. The van der Waals surface area contributed by atoms with Crippen LogP contribution < -0.4 is 15.8 Å². The molecule has 0 unspecified atom stereocenters. The Kier molecular flexibility index (Phi) is 8.23. The maximum Gasteiger partial charge on any atom is 0.326 e. The zero-order chi connectivity index (χ0) is 30.9. The second-order valence-corrected chi connectivity index (χ2v) is 11.7. The summed E-state index contributed by atoms with van der Waals surface area (Å²) < 4.78 is 6.31. The number of imidazole rings is 1. The molecule has 13 heteroatoms. The topological polar surface area (TPSA) is 163 Å². The van der Waals surface area contributed by atoms with Crippen molar-refractivity contribution in [3.05, 3.63) is 82.4 Å². The van der Waals surface area contributed by atoms with Gasteiger partial charge in [0.2, 0.25) is 11.8 Å². The van der Waals surface area contributed by atoms with Crippen LogP contribution in [0.2, 0.25) is 5.02 Å². The van der Waals surface area contributed by atoms with E-state index in [2.05, 4.69) is 15.3 Å². The van der Waals surface area contributed by atoms with Gasteiger partial charge in [0.1, 0.15) is 41.6 Å². The lowest BCUT2D eigenvalue weighted by Gasteiger charge is -2.35. The summed E-state index contributed by atoms with van der Waals surface area (Å²) in [6.45, 7) is 6.04. The highest BCUT2D eigenvalue weighted by atomic mass is 35.5. The highest BCUT2D eigenvalue weighted by Crippen LogP contribution is 2.44. The number of rotatable bonds is 7. The first-order chi connectivity index (χ1) is 20.4. The molecule has 43 heavy (non-hydrogen) atoms. The number of primary amides is 1. The van der Waals surface area contributed by atoms with Crippen LogP contribution in [-0.4, -0.2) is 74.5 Å². The second-order valence-electron chi connectivity index (χ2n) is 11.3. The van der Waals surface area contributed by atoms with Crippen molar-refractivity contribution in [3.63, 3.8) is 0 Å². The van der Waals surface area contributed by atoms with Crippen LogP contribution in [0.1, 0.15) is 66.6 Å². The number of piperazine rings is 1. The van der Waals surface area contributed by atoms with Gasteiger partial charge in [-0.2, -0.15) is 0 Å². The highest BCUT2D eigenvalue weighted by Gasteiger charge is 2.46. The van der Waals surface area contributed by atoms with Crippen molar-refractivity contribution in [1.82, 2.24) is 25.1 Å². The fourth-order valence-corrected chi connectivity index (χ4v) is 5.21. The van der Waals surface area contributed by atoms with Crippen LogP contribution in [-0.2, 0) is 9.59 Å². The first kappa shape index (κ1) is 29.8. The van der Waals surface area contributed by atoms with Crippen LogP contribution in [0.3, 0.4) is 0 Å². The quantitative estimate of drug-likeness (QED) is 0.276. The summed E-state index contributed by atoms with van der Waals surface area (Å²) in [4.78, 5) is 66.5. The molecule has 4 N–H and O–H groups in total. The van der Waals surface area contributed by atoms with Crippen molar-refractivity contribution in [2.24, 2.45) is 10.7 Å². The summed E-state index contributed by atoms with van der Waals surface area (Å²) in [5.41, 5.74) is 6.01. The molecule has 12 nitrogen and oxygen atoms in total. The van der Waals surface area contributed by atoms with Gasteiger partial charge in [0.25, 0.3) is 0 Å². The summed E-state index contributed by atoms with van der Waals surface area (Å²) in [7, 11) is 0. The molecule has 4 amide bonds. The molecule has 2 aliphatic heterocycles. The molecule has 3 heterocycles. The predicted octanol–water partition coefficient (Wildman–Crippen LogP) is 3.40. The number of aliphatic imine (C=N–C) groups is 1. The lowest BCUT2D eigenvalue weighted by Crippen LogP contribution is -2.55. The van der Waals surface area contributed by atoms with Crippen molar-refractivity contribution in [2.45, 2.75) is 44.9 Å². The van der Waals surface area contributed by atoms with Crippen LogP contribution in [0, 0.1) is 0 Å². The number of hydrogen-bond acceptors (Lipinski definition) is 7. The lowest BCUT2D eigenvalue weighted by atomic mass is 9.99. The largest absolute Gasteiger partial charge is 0.487 e. The third-order valence-corrected chi connectivity index (χ3v) is 7.14. The minimum Gasteiger partial charge on any atom is -0.487 e. The minimum atomic E-state index is -0.748. The number of carbonyl (C=O) groups excluding carboxylic acids is 4. The number of ether oxygens (including phenoxy) is 1. The molecule has 1 fully saturated rings. The number of aromatic nitrogens is 2. The monoisotopic (exact) mass is 605 g/mol. The Hall–Kier alpha value is -4.71. The lowest BCUT2D eigenvalue weighted by molar-refractivity contribution is -0.123. The summed E-state index contributed by atoms with van der Waals surface area (Å²) in [6.07, 6.45) is 2.79. The fourth-order valence-electron chi connectivity index (χ4n) is 5.08. The number of nitrogens with one attached hydrogen (secondary N) is 2. The number of halogens is 1. The molecular weight excluding hydrogens is 574 g/mol. The number of ketones is 1. The molecule has 5 rings (SSSR count). The number of amidine groups is 1. The van der Waals surface area contributed by atoms with Crippen molar-refractivity contribution in [2.75, 3.05) is 19.6 Å². The van der Waals surface area contributed by atoms with Crippen LogP contribution >= 0.6 is 11.6 Å². The molecule has 1 aromatic heterocycles. The third-order valence-electron chi connectivity index (χ3n) is 6.89. The molecule has 2 aromatic carbocycles. The third kappa shape index (κ3) is 6.54. The normalized spacial score (nSPS) is 18.7. The van der Waals surface area contributed by atoms with E-state index < -0.39 is 41.8 Å². The van der Waals surface area contributed by atoms with Crippen LogP contribution in [0.15, 0.2) is 59.9 Å². The average Bonchev–Trinajstić information content (AvgIpc) is 3.60. The number of carbonyl (C=O) groups is 4. The van der Waals surface area contributed by atoms with E-state index in [1.165, 1.54) is 15.9 Å². The maximum atomic E-state index is 14.3. The van der Waals surface area contributed by atoms with Gasteiger partial charge in [0.15, 0.2) is 5.78 Å². The Morgan fingerprint density at radius 1 is 1.14 bits per heavy atom. The smallest absolute Gasteiger partial charge is 0.326 e. The van der Waals surface area contributed by atoms with Gasteiger partial charge in [0.05, 0.1) is 12.0 Å². The summed E-state index contributed by atoms with van der Waals surface area (Å²) >= 11 is 6.19. The van der Waals surface area contributed by atoms with E-state index in [9.17, 15) is 19.2 Å². The molecule has 1 saturated heterocycles. The summed E-state index contributed by atoms with van der Waals surface area (Å²) in [5.74, 6) is -0.445. The second kappa shape index (κ2) is 11.9. The van der Waals surface area contributed by atoms with E-state index >= 15 is 0 Å². The Bertz CT molecular complexity index is 1580. The SMILES string of the molecule is CC(C)(C)Oc1cc(C(=O)CC(N)=O)ccc1C1=N[C@@H](c2ccc(Cl)cc2)[C@@H](c2ncc[nH]2)N1C(=O)N1CCNC(=O)C1. The fraction of sp³-hybridized carbons (Fsp3) is 0.333. The number of amides is 4. The Morgan fingerprint density at radius 3 is 2.51 bits per heavy atom. The number of nitrogens with zero attached hydrogens (tertiary/aromatic N) is 4. The van der Waals surface area contributed by atoms with Crippen molar-refractivity contribution >= 4 is 41.1 Å². The molecule has 224 valence electrons. The van der Waals surface area contributed by atoms with Crippen LogP contribution in [0.5, 0.6) is 5.75 Å². The first-order valence-electron chi connectivity index (χ1n) is 13.7. The van der Waals surface area contributed by atoms with E-state index in [0.717, 1.165) is 5.56 Å². The zero-order valence-electron chi connectivity index (χ0n) is 24.0. The Morgan fingerprint density at radius 2 is 1.88 bits per heavy atom. The van der Waals surface area contributed by atoms with E-state index in [4.69, 9.17) is 27.1 Å². The molecule has 0 radical (unpaired) electrons. The molecule has 0 aliphatic carbocycles. The average molecular weight is 606 g/mol. The van der Waals surface area contributed by atoms with Gasteiger partial charge in [-0.1, -0.05) is 29.8 Å². The van der Waals surface area contributed by atoms with Gasteiger partial charge >= 0.3 is 6.03 Å². The van der Waals surface area contributed by atoms with Gasteiger partial charge in [-0.3, -0.25) is 24.3 Å². The van der Waals surface area contributed by atoms with Gasteiger partial charge in [-0.15, -0.1) is 0 Å². The molecular formula is C30H32ClN7O5. The molecule has 0 spiro atoms. The Balaban J connectivity index is 1.69. The van der Waals surface area contributed by atoms with Crippen molar-refractivity contribution in [3.8, 4) is 5.75 Å². The number of aromatic amines is 1. The molecule has 2 aliphatic rings. The van der Waals surface area contributed by atoms with Crippen molar-refractivity contribution < 1.29 is 23.9 Å². The summed E-state index contributed by atoms with van der Waals surface area (Å²) in [6, 6.07) is 10.1. The number of nitrogens with two attached hydrogens (primary N) is 1. The maximum absolute atomic E-state index is 14.3. The number of H-pyrrole nitrogens is 1. The minimum absolute atomic E-state index is 0.120. The van der Waals surface area contributed by atoms with Gasteiger partial charge in [-0.25, -0.2) is 9.78 Å². The number of benzene rings is 2. The van der Waals surface area contributed by atoms with Gasteiger partial charge in [0, 0.05) is 36.1 Å². The van der Waals surface area contributed by atoms with Crippen LogP contribution in [0.4, 0.5) is 4.79 Å². The molecule has 2 atom stereocenters. The predicted molar refractivity (Wildman–Crippen MR) is 159 cm³/mol. The molecule has 0 bridgehead atoms. The van der Waals surface area contributed by atoms with E-state index in [-0.39, 0.29) is 29.6 Å². The summed E-state index contributed by atoms with van der Waals surface area (Å²) in [5, 5.41) is 3.29. The first-order valence-corrected chi connectivity index (χ1v) is 14.1.